The number of rotatable bonds is 8. The van der Waals surface area contributed by atoms with E-state index in [9.17, 15) is 14.9 Å². The van der Waals surface area contributed by atoms with Crippen LogP contribution in [0.2, 0.25) is 0 Å². The summed E-state index contributed by atoms with van der Waals surface area (Å²) >= 11 is 3.16. The predicted octanol–water partition coefficient (Wildman–Crippen LogP) is 4.31. The standard InChI is InChI=1S/C23H24N4O4S2/c1-32-19-6-7-20-21(16-19)33-23(24-20)26(10-9-25-11-13-31-14-12-25)22(28)8-5-17-3-2-4-18(15-17)27(29)30/h2-8,15-16H,9-14H2,1H3. The van der Waals surface area contributed by atoms with E-state index in [2.05, 4.69) is 11.0 Å². The Morgan fingerprint density at radius 2 is 2.12 bits per heavy atom. The van der Waals surface area contributed by atoms with Crippen molar-refractivity contribution in [3.8, 4) is 0 Å². The van der Waals surface area contributed by atoms with Crippen molar-refractivity contribution in [2.24, 2.45) is 0 Å². The monoisotopic (exact) mass is 484 g/mol. The molecule has 33 heavy (non-hydrogen) atoms. The minimum absolute atomic E-state index is 0.00968. The van der Waals surface area contributed by atoms with E-state index < -0.39 is 4.92 Å². The zero-order valence-corrected chi connectivity index (χ0v) is 19.8. The molecule has 3 aromatic rings. The number of thioether (sulfide) groups is 1. The van der Waals surface area contributed by atoms with E-state index >= 15 is 0 Å². The number of amides is 1. The van der Waals surface area contributed by atoms with E-state index in [1.807, 2.05) is 18.4 Å². The number of morpholine rings is 1. The summed E-state index contributed by atoms with van der Waals surface area (Å²) in [5, 5.41) is 11.7. The fraction of sp³-hybridized carbons (Fsp3) is 0.304. The van der Waals surface area contributed by atoms with Gasteiger partial charge in [0.25, 0.3) is 11.6 Å². The van der Waals surface area contributed by atoms with E-state index in [0.29, 0.717) is 37.0 Å². The first kappa shape index (κ1) is 23.4. The second-order valence-electron chi connectivity index (χ2n) is 7.46. The van der Waals surface area contributed by atoms with E-state index in [4.69, 9.17) is 9.72 Å². The van der Waals surface area contributed by atoms with Crippen molar-refractivity contribution < 1.29 is 14.5 Å². The highest BCUT2D eigenvalue weighted by molar-refractivity contribution is 7.98. The third-order valence-corrected chi connectivity index (χ3v) is 7.09. The van der Waals surface area contributed by atoms with Crippen molar-refractivity contribution >= 4 is 56.1 Å². The van der Waals surface area contributed by atoms with Gasteiger partial charge in [-0.2, -0.15) is 0 Å². The van der Waals surface area contributed by atoms with Crippen LogP contribution in [0.25, 0.3) is 16.3 Å². The largest absolute Gasteiger partial charge is 0.379 e. The van der Waals surface area contributed by atoms with Gasteiger partial charge in [0, 0.05) is 49.3 Å². The third-order valence-electron chi connectivity index (χ3n) is 5.32. The number of ether oxygens (including phenoxy) is 1. The van der Waals surface area contributed by atoms with E-state index in [0.717, 1.165) is 28.2 Å². The molecule has 0 saturated carbocycles. The lowest BCUT2D eigenvalue weighted by Crippen LogP contribution is -2.42. The van der Waals surface area contributed by atoms with Crippen molar-refractivity contribution in [2.45, 2.75) is 4.90 Å². The number of anilines is 1. The molecule has 1 fully saturated rings. The van der Waals surface area contributed by atoms with Gasteiger partial charge in [0.05, 0.1) is 28.4 Å². The molecule has 1 saturated heterocycles. The van der Waals surface area contributed by atoms with Gasteiger partial charge in [-0.3, -0.25) is 24.7 Å². The van der Waals surface area contributed by atoms with Crippen molar-refractivity contribution in [3.05, 3.63) is 64.2 Å². The minimum atomic E-state index is -0.447. The highest BCUT2D eigenvalue weighted by Crippen LogP contribution is 2.32. The maximum absolute atomic E-state index is 13.2. The van der Waals surface area contributed by atoms with Gasteiger partial charge in [-0.1, -0.05) is 23.5 Å². The molecule has 2 heterocycles. The Bertz CT molecular complexity index is 1170. The summed E-state index contributed by atoms with van der Waals surface area (Å²) in [7, 11) is 0. The maximum atomic E-state index is 13.2. The van der Waals surface area contributed by atoms with Crippen LogP contribution in [0.4, 0.5) is 10.8 Å². The molecular formula is C23H24N4O4S2. The van der Waals surface area contributed by atoms with Gasteiger partial charge >= 0.3 is 0 Å². The number of nitrogens with zero attached hydrogens (tertiary/aromatic N) is 4. The number of hydrogen-bond acceptors (Lipinski definition) is 8. The Kier molecular flexibility index (Phi) is 7.71. The van der Waals surface area contributed by atoms with E-state index in [1.165, 1.54) is 29.5 Å². The number of aromatic nitrogens is 1. The van der Waals surface area contributed by atoms with Crippen molar-refractivity contribution in [2.75, 3.05) is 50.5 Å². The average molecular weight is 485 g/mol. The van der Waals surface area contributed by atoms with Gasteiger partial charge < -0.3 is 4.74 Å². The number of carbonyl (C=O) groups is 1. The van der Waals surface area contributed by atoms with Crippen LogP contribution in [0.5, 0.6) is 0 Å². The third kappa shape index (κ3) is 5.97. The van der Waals surface area contributed by atoms with Crippen LogP contribution < -0.4 is 4.90 Å². The zero-order valence-electron chi connectivity index (χ0n) is 18.2. The number of fused-ring (bicyclic) bond motifs is 1. The summed E-state index contributed by atoms with van der Waals surface area (Å²) in [6.45, 7) is 4.27. The van der Waals surface area contributed by atoms with Crippen LogP contribution in [0.1, 0.15) is 5.56 Å². The summed E-state index contributed by atoms with van der Waals surface area (Å²) in [4.78, 5) is 33.6. The Labute approximate surface area is 200 Å². The van der Waals surface area contributed by atoms with Crippen LogP contribution in [0.3, 0.4) is 0 Å². The zero-order chi connectivity index (χ0) is 23.2. The number of carbonyl (C=O) groups excluding carboxylic acids is 1. The van der Waals surface area contributed by atoms with Gasteiger partial charge in [0.1, 0.15) is 0 Å². The molecule has 1 aliphatic heterocycles. The van der Waals surface area contributed by atoms with Crippen molar-refractivity contribution in [1.82, 2.24) is 9.88 Å². The van der Waals surface area contributed by atoms with Crippen LogP contribution >= 0.6 is 23.1 Å². The van der Waals surface area contributed by atoms with Gasteiger partial charge in [-0.25, -0.2) is 4.98 Å². The van der Waals surface area contributed by atoms with Gasteiger partial charge in [0.2, 0.25) is 0 Å². The predicted molar refractivity (Wildman–Crippen MR) is 133 cm³/mol. The number of nitro groups is 1. The molecular weight excluding hydrogens is 460 g/mol. The first-order valence-electron chi connectivity index (χ1n) is 10.5. The molecule has 172 valence electrons. The number of non-ortho nitro benzene ring substituents is 1. The SMILES string of the molecule is CSc1ccc2nc(N(CCN3CCOCC3)C(=O)C=Cc3cccc([N+](=O)[O-])c3)sc2c1. The second-order valence-corrected chi connectivity index (χ2v) is 9.35. The molecule has 1 amide bonds. The maximum Gasteiger partial charge on any atom is 0.270 e. The van der Waals surface area contributed by atoms with E-state index in [-0.39, 0.29) is 11.6 Å². The summed E-state index contributed by atoms with van der Waals surface area (Å²) in [5.74, 6) is -0.209. The Morgan fingerprint density at radius 3 is 2.88 bits per heavy atom. The van der Waals surface area contributed by atoms with Crippen molar-refractivity contribution in [3.63, 3.8) is 0 Å². The van der Waals surface area contributed by atoms with Crippen LogP contribution in [0, 0.1) is 10.1 Å². The molecule has 1 aromatic heterocycles. The topological polar surface area (TPSA) is 88.8 Å². The first-order chi connectivity index (χ1) is 16.0. The molecule has 0 bridgehead atoms. The van der Waals surface area contributed by atoms with Gasteiger partial charge in [-0.05, 0) is 36.1 Å². The highest BCUT2D eigenvalue weighted by Gasteiger charge is 2.20. The quantitative estimate of drug-likeness (QED) is 0.204. The molecule has 2 aromatic carbocycles. The fourth-order valence-corrected chi connectivity index (χ4v) is 5.05. The molecule has 0 spiro atoms. The lowest BCUT2D eigenvalue weighted by Gasteiger charge is -2.28. The fourth-order valence-electron chi connectivity index (χ4n) is 3.50. The number of thiazole rings is 1. The molecule has 0 aliphatic carbocycles. The minimum Gasteiger partial charge on any atom is -0.379 e. The molecule has 0 unspecified atom stereocenters. The second kappa shape index (κ2) is 10.9. The Balaban J connectivity index is 1.58. The molecule has 0 N–H and O–H groups in total. The Hall–Kier alpha value is -2.79. The Morgan fingerprint density at radius 1 is 1.30 bits per heavy atom. The van der Waals surface area contributed by atoms with Gasteiger partial charge in [0.15, 0.2) is 5.13 Å². The lowest BCUT2D eigenvalue weighted by atomic mass is 10.2. The molecule has 1 aliphatic rings. The number of benzene rings is 2. The van der Waals surface area contributed by atoms with Crippen molar-refractivity contribution in [1.29, 1.82) is 0 Å². The summed E-state index contributed by atoms with van der Waals surface area (Å²) < 4.78 is 6.45. The summed E-state index contributed by atoms with van der Waals surface area (Å²) in [6, 6.07) is 12.3. The number of nitro benzene ring substituents is 1. The lowest BCUT2D eigenvalue weighted by molar-refractivity contribution is -0.384. The highest BCUT2D eigenvalue weighted by atomic mass is 32.2. The molecule has 0 radical (unpaired) electrons. The summed E-state index contributed by atoms with van der Waals surface area (Å²) in [6.07, 6.45) is 5.09. The average Bonchev–Trinajstić information content (AvgIpc) is 3.26. The normalized spacial score (nSPS) is 14.7. The smallest absolute Gasteiger partial charge is 0.270 e. The number of hydrogen-bond donors (Lipinski definition) is 0. The first-order valence-corrected chi connectivity index (χ1v) is 12.6. The molecule has 8 nitrogen and oxygen atoms in total. The van der Waals surface area contributed by atoms with Gasteiger partial charge in [-0.15, -0.1) is 11.8 Å². The van der Waals surface area contributed by atoms with Crippen LogP contribution in [-0.2, 0) is 9.53 Å². The summed E-state index contributed by atoms with van der Waals surface area (Å²) in [5.41, 5.74) is 1.45. The molecule has 10 heteroatoms. The van der Waals surface area contributed by atoms with E-state index in [1.54, 1.807) is 34.9 Å². The van der Waals surface area contributed by atoms with Crippen LogP contribution in [0.15, 0.2) is 53.4 Å². The van der Waals surface area contributed by atoms with Crippen LogP contribution in [-0.4, -0.2) is 66.4 Å². The molecule has 0 atom stereocenters. The molecule has 4 rings (SSSR count).